The van der Waals surface area contributed by atoms with E-state index in [1.54, 1.807) is 32.2 Å². The number of aromatic nitrogens is 2. The average molecular weight is 378 g/mol. The van der Waals surface area contributed by atoms with Crippen molar-refractivity contribution in [2.45, 2.75) is 38.2 Å². The lowest BCUT2D eigenvalue weighted by molar-refractivity contribution is -0.151. The van der Waals surface area contributed by atoms with Gasteiger partial charge in [-0.15, -0.1) is 0 Å². The molecular weight excluding hydrogens is 356 g/mol. The second-order valence-electron chi connectivity index (χ2n) is 7.06. The number of aromatic amines is 1. The summed E-state index contributed by atoms with van der Waals surface area (Å²) in [6.45, 7) is 1.72. The van der Waals surface area contributed by atoms with Gasteiger partial charge in [-0.3, -0.25) is 9.59 Å². The van der Waals surface area contributed by atoms with Crippen LogP contribution in [0.15, 0.2) is 47.3 Å². The number of carbonyl (C=O) groups excluding carboxylic acids is 1. The first kappa shape index (κ1) is 18.2. The summed E-state index contributed by atoms with van der Waals surface area (Å²) in [5, 5.41) is 0.512. The standard InChI is InChI=1S/C22H22N2O4/c1-13(20-23-19-9-4-3-7-17(19)21(25)24-20)28-22(26)16-8-5-6-14-10-11-15(27-2)12-18(14)16/h3-4,7,9-13,16H,5-6,8H2,1-2H3,(H,23,24,25). The van der Waals surface area contributed by atoms with E-state index >= 15 is 0 Å². The maximum Gasteiger partial charge on any atom is 0.314 e. The number of hydrogen-bond acceptors (Lipinski definition) is 5. The Bertz CT molecular complexity index is 1090. The van der Waals surface area contributed by atoms with Crippen LogP contribution in [0.1, 0.15) is 48.7 Å². The van der Waals surface area contributed by atoms with Crippen LogP contribution >= 0.6 is 0 Å². The summed E-state index contributed by atoms with van der Waals surface area (Å²) in [4.78, 5) is 32.4. The van der Waals surface area contributed by atoms with Gasteiger partial charge in [-0.25, -0.2) is 4.98 Å². The number of para-hydroxylation sites is 1. The van der Waals surface area contributed by atoms with Crippen molar-refractivity contribution in [1.82, 2.24) is 9.97 Å². The van der Waals surface area contributed by atoms with E-state index in [9.17, 15) is 9.59 Å². The van der Waals surface area contributed by atoms with Crippen molar-refractivity contribution in [3.8, 4) is 5.75 Å². The minimum Gasteiger partial charge on any atom is -0.497 e. The third-order valence-corrected chi connectivity index (χ3v) is 5.26. The first-order chi connectivity index (χ1) is 13.6. The summed E-state index contributed by atoms with van der Waals surface area (Å²) in [7, 11) is 1.61. The van der Waals surface area contributed by atoms with Gasteiger partial charge < -0.3 is 14.5 Å². The SMILES string of the molecule is COc1ccc2c(c1)C(C(=O)OC(C)c1nc3ccccc3c(=O)[nH]1)CCC2. The van der Waals surface area contributed by atoms with Gasteiger partial charge in [-0.05, 0) is 61.6 Å². The van der Waals surface area contributed by atoms with Crippen molar-refractivity contribution in [2.75, 3.05) is 7.11 Å². The van der Waals surface area contributed by atoms with Crippen LogP contribution < -0.4 is 10.3 Å². The van der Waals surface area contributed by atoms with E-state index in [0.717, 1.165) is 36.1 Å². The van der Waals surface area contributed by atoms with Crippen LogP contribution in [0, 0.1) is 0 Å². The molecule has 2 unspecified atom stereocenters. The lowest BCUT2D eigenvalue weighted by Gasteiger charge is -2.25. The average Bonchev–Trinajstić information content (AvgIpc) is 2.72. The fourth-order valence-corrected chi connectivity index (χ4v) is 3.76. The van der Waals surface area contributed by atoms with Crippen LogP contribution in [0.2, 0.25) is 0 Å². The van der Waals surface area contributed by atoms with E-state index in [2.05, 4.69) is 9.97 Å². The minimum absolute atomic E-state index is 0.240. The second kappa shape index (κ2) is 7.46. The molecule has 2 aromatic carbocycles. The Morgan fingerprint density at radius 3 is 2.89 bits per heavy atom. The number of nitrogens with one attached hydrogen (secondary N) is 1. The van der Waals surface area contributed by atoms with Crippen LogP contribution in [0.5, 0.6) is 5.75 Å². The molecule has 1 N–H and O–H groups in total. The molecule has 2 atom stereocenters. The molecular formula is C22H22N2O4. The number of esters is 1. The predicted molar refractivity (Wildman–Crippen MR) is 106 cm³/mol. The van der Waals surface area contributed by atoms with Crippen molar-refractivity contribution in [3.05, 3.63) is 69.8 Å². The van der Waals surface area contributed by atoms with Crippen molar-refractivity contribution >= 4 is 16.9 Å². The summed E-state index contributed by atoms with van der Waals surface area (Å²) in [6, 6.07) is 12.9. The summed E-state index contributed by atoms with van der Waals surface area (Å²) in [6.07, 6.45) is 1.95. The van der Waals surface area contributed by atoms with Gasteiger partial charge in [-0.1, -0.05) is 18.2 Å². The van der Waals surface area contributed by atoms with Gasteiger partial charge in [0.05, 0.1) is 23.9 Å². The summed E-state index contributed by atoms with van der Waals surface area (Å²) < 4.78 is 11.0. The minimum atomic E-state index is -0.652. The highest BCUT2D eigenvalue weighted by atomic mass is 16.5. The van der Waals surface area contributed by atoms with Crippen molar-refractivity contribution in [1.29, 1.82) is 0 Å². The number of nitrogens with zero attached hydrogens (tertiary/aromatic N) is 1. The second-order valence-corrected chi connectivity index (χ2v) is 7.06. The Balaban J connectivity index is 1.59. The Hall–Kier alpha value is -3.15. The number of carbonyl (C=O) groups is 1. The van der Waals surface area contributed by atoms with Gasteiger partial charge >= 0.3 is 5.97 Å². The fraction of sp³-hybridized carbons (Fsp3) is 0.318. The van der Waals surface area contributed by atoms with E-state index in [-0.39, 0.29) is 17.4 Å². The molecule has 0 saturated heterocycles. The highest BCUT2D eigenvalue weighted by molar-refractivity contribution is 5.80. The van der Waals surface area contributed by atoms with Gasteiger partial charge in [0.25, 0.3) is 5.56 Å². The Morgan fingerprint density at radius 2 is 2.07 bits per heavy atom. The molecule has 0 radical (unpaired) electrons. The summed E-state index contributed by atoms with van der Waals surface area (Å²) in [5.74, 6) is 0.428. The summed E-state index contributed by atoms with van der Waals surface area (Å²) >= 11 is 0. The topological polar surface area (TPSA) is 81.3 Å². The zero-order chi connectivity index (χ0) is 19.7. The molecule has 1 aliphatic rings. The Kier molecular flexibility index (Phi) is 4.86. The van der Waals surface area contributed by atoms with Gasteiger partial charge in [-0.2, -0.15) is 0 Å². The van der Waals surface area contributed by atoms with E-state index < -0.39 is 6.10 Å². The van der Waals surface area contributed by atoms with Crippen LogP contribution in [0.25, 0.3) is 10.9 Å². The van der Waals surface area contributed by atoms with Gasteiger partial charge in [0.15, 0.2) is 11.9 Å². The molecule has 3 aromatic rings. The highest BCUT2D eigenvalue weighted by Crippen LogP contribution is 2.35. The Labute approximate surface area is 162 Å². The van der Waals surface area contributed by atoms with Crippen LogP contribution in [0.3, 0.4) is 0 Å². The highest BCUT2D eigenvalue weighted by Gasteiger charge is 2.30. The molecule has 28 heavy (non-hydrogen) atoms. The van der Waals surface area contributed by atoms with E-state index in [1.807, 2.05) is 24.3 Å². The molecule has 0 bridgehead atoms. The Morgan fingerprint density at radius 1 is 1.25 bits per heavy atom. The first-order valence-corrected chi connectivity index (χ1v) is 9.43. The largest absolute Gasteiger partial charge is 0.497 e. The molecule has 4 rings (SSSR count). The molecule has 1 heterocycles. The van der Waals surface area contributed by atoms with Crippen molar-refractivity contribution in [2.24, 2.45) is 0 Å². The molecule has 0 saturated carbocycles. The maximum absolute atomic E-state index is 12.9. The molecule has 1 aliphatic carbocycles. The molecule has 1 aromatic heterocycles. The van der Waals surface area contributed by atoms with E-state index in [4.69, 9.17) is 9.47 Å². The maximum atomic E-state index is 12.9. The zero-order valence-corrected chi connectivity index (χ0v) is 15.9. The lowest BCUT2D eigenvalue weighted by Crippen LogP contribution is -2.23. The smallest absolute Gasteiger partial charge is 0.314 e. The third kappa shape index (κ3) is 3.38. The van der Waals surface area contributed by atoms with Gasteiger partial charge in [0.1, 0.15) is 5.75 Å². The van der Waals surface area contributed by atoms with E-state index in [1.165, 1.54) is 0 Å². The van der Waals surface area contributed by atoms with Crippen LogP contribution in [-0.2, 0) is 16.0 Å². The van der Waals surface area contributed by atoms with Gasteiger partial charge in [0, 0.05) is 0 Å². The molecule has 0 fully saturated rings. The normalized spacial score (nSPS) is 17.0. The molecule has 0 aliphatic heterocycles. The van der Waals surface area contributed by atoms with E-state index in [0.29, 0.717) is 16.7 Å². The number of fused-ring (bicyclic) bond motifs is 2. The molecule has 0 amide bonds. The molecule has 144 valence electrons. The van der Waals surface area contributed by atoms with Crippen molar-refractivity contribution < 1.29 is 14.3 Å². The first-order valence-electron chi connectivity index (χ1n) is 9.43. The molecule has 0 spiro atoms. The number of ether oxygens (including phenoxy) is 2. The van der Waals surface area contributed by atoms with Crippen LogP contribution in [0.4, 0.5) is 0 Å². The predicted octanol–water partition coefficient (Wildman–Crippen LogP) is 3.66. The zero-order valence-electron chi connectivity index (χ0n) is 15.9. The fourth-order valence-electron chi connectivity index (χ4n) is 3.76. The quantitative estimate of drug-likeness (QED) is 0.701. The number of hydrogen-bond donors (Lipinski definition) is 1. The molecule has 6 nitrogen and oxygen atoms in total. The number of benzene rings is 2. The number of aryl methyl sites for hydroxylation is 1. The summed E-state index contributed by atoms with van der Waals surface area (Å²) in [5.41, 5.74) is 2.45. The number of rotatable bonds is 4. The van der Waals surface area contributed by atoms with Gasteiger partial charge in [0.2, 0.25) is 0 Å². The third-order valence-electron chi connectivity index (χ3n) is 5.26. The lowest BCUT2D eigenvalue weighted by atomic mass is 9.82. The monoisotopic (exact) mass is 378 g/mol. The number of H-pyrrole nitrogens is 1. The van der Waals surface area contributed by atoms with Crippen LogP contribution in [-0.4, -0.2) is 23.0 Å². The van der Waals surface area contributed by atoms with Crippen molar-refractivity contribution in [3.63, 3.8) is 0 Å². The number of methoxy groups -OCH3 is 1. The molecule has 6 heteroatoms.